The van der Waals surface area contributed by atoms with Gasteiger partial charge in [0.25, 0.3) is 0 Å². The number of piperazine rings is 1. The summed E-state index contributed by atoms with van der Waals surface area (Å²) < 4.78 is 6.15. The third-order valence-electron chi connectivity index (χ3n) is 5.57. The standard InChI is InChI=1S/C25H27N5O3S/c1-17(31)20-5-3-4-18(14-20)16-33-24-22(34-21-8-6-19(7-9-21)23(26)32)15-27-25(28-24)30-12-10-29(2)11-13-30/h3-9,14-15H,10-13,16H2,1-2H3,(H2,26,32). The SMILES string of the molecule is CC(=O)c1cccc(COc2nc(N3CCN(C)CC3)ncc2Sc2ccc(C(N)=O)cc2)c1. The van der Waals surface area contributed by atoms with E-state index in [4.69, 9.17) is 15.5 Å². The van der Waals surface area contributed by atoms with Gasteiger partial charge in [-0.3, -0.25) is 9.59 Å². The average Bonchev–Trinajstić information content (AvgIpc) is 2.84. The second-order valence-electron chi connectivity index (χ2n) is 8.17. The van der Waals surface area contributed by atoms with Gasteiger partial charge in [0, 0.05) is 42.2 Å². The predicted octanol–water partition coefficient (Wildman–Crippen LogP) is 3.26. The second-order valence-corrected chi connectivity index (χ2v) is 9.28. The molecule has 0 unspecified atom stereocenters. The van der Waals surface area contributed by atoms with Crippen molar-refractivity contribution in [2.45, 2.75) is 23.3 Å². The van der Waals surface area contributed by atoms with E-state index in [1.165, 1.54) is 11.8 Å². The zero-order chi connectivity index (χ0) is 24.1. The smallest absolute Gasteiger partial charge is 0.248 e. The number of nitrogens with zero attached hydrogens (tertiary/aromatic N) is 4. The van der Waals surface area contributed by atoms with Crippen LogP contribution in [0.1, 0.15) is 33.2 Å². The summed E-state index contributed by atoms with van der Waals surface area (Å²) in [6.45, 7) is 5.40. The van der Waals surface area contributed by atoms with Crippen LogP contribution in [0, 0.1) is 0 Å². The van der Waals surface area contributed by atoms with Crippen LogP contribution in [0.15, 0.2) is 64.5 Å². The number of Topliss-reactive ketones (excluding diaryl/α,β-unsaturated/α-hetero) is 1. The van der Waals surface area contributed by atoms with E-state index in [2.05, 4.69) is 21.8 Å². The van der Waals surface area contributed by atoms with Crippen molar-refractivity contribution in [2.24, 2.45) is 5.73 Å². The molecule has 0 bridgehead atoms. The number of ketones is 1. The van der Waals surface area contributed by atoms with Gasteiger partial charge in [0.2, 0.25) is 17.7 Å². The number of ether oxygens (including phenoxy) is 1. The van der Waals surface area contributed by atoms with E-state index in [0.717, 1.165) is 41.5 Å². The number of anilines is 1. The molecule has 8 nitrogen and oxygen atoms in total. The third kappa shape index (κ3) is 5.92. The lowest BCUT2D eigenvalue weighted by Gasteiger charge is -2.32. The molecule has 1 saturated heterocycles. The molecule has 3 aromatic rings. The molecular formula is C25H27N5O3S. The van der Waals surface area contributed by atoms with Gasteiger partial charge < -0.3 is 20.3 Å². The number of likely N-dealkylation sites (N-methyl/N-ethyl adjacent to an activating group) is 1. The molecular weight excluding hydrogens is 450 g/mol. The van der Waals surface area contributed by atoms with Crippen molar-refractivity contribution >= 4 is 29.4 Å². The summed E-state index contributed by atoms with van der Waals surface area (Å²) in [6.07, 6.45) is 1.77. The van der Waals surface area contributed by atoms with Crippen molar-refractivity contribution in [3.8, 4) is 5.88 Å². The number of carbonyl (C=O) groups excluding carboxylic acids is 2. The van der Waals surface area contributed by atoms with Gasteiger partial charge in [0.05, 0.1) is 11.1 Å². The quantitative estimate of drug-likeness (QED) is 0.494. The second kappa shape index (κ2) is 10.7. The fourth-order valence-electron chi connectivity index (χ4n) is 3.52. The average molecular weight is 478 g/mol. The number of hydrogen-bond acceptors (Lipinski definition) is 8. The Kier molecular flexibility index (Phi) is 7.44. The highest BCUT2D eigenvalue weighted by Crippen LogP contribution is 2.35. The number of primary amides is 1. The van der Waals surface area contributed by atoms with Crippen molar-refractivity contribution in [3.63, 3.8) is 0 Å². The molecule has 0 atom stereocenters. The molecule has 2 heterocycles. The van der Waals surface area contributed by atoms with Crippen LogP contribution in [-0.2, 0) is 6.61 Å². The van der Waals surface area contributed by atoms with Gasteiger partial charge >= 0.3 is 0 Å². The van der Waals surface area contributed by atoms with Crippen molar-refractivity contribution in [2.75, 3.05) is 38.1 Å². The summed E-state index contributed by atoms with van der Waals surface area (Å²) in [6, 6.07) is 14.4. The summed E-state index contributed by atoms with van der Waals surface area (Å²) in [7, 11) is 2.10. The van der Waals surface area contributed by atoms with Crippen LogP contribution in [0.4, 0.5) is 5.95 Å². The van der Waals surface area contributed by atoms with E-state index in [9.17, 15) is 9.59 Å². The molecule has 0 aliphatic carbocycles. The molecule has 0 radical (unpaired) electrons. The largest absolute Gasteiger partial charge is 0.472 e. The number of amides is 1. The molecule has 34 heavy (non-hydrogen) atoms. The lowest BCUT2D eigenvalue weighted by Crippen LogP contribution is -2.45. The fraction of sp³-hybridized carbons (Fsp3) is 0.280. The van der Waals surface area contributed by atoms with Gasteiger partial charge in [-0.25, -0.2) is 4.98 Å². The first-order valence-corrected chi connectivity index (χ1v) is 11.8. The topological polar surface area (TPSA) is 102 Å². The van der Waals surface area contributed by atoms with E-state index >= 15 is 0 Å². The van der Waals surface area contributed by atoms with Crippen LogP contribution in [0.3, 0.4) is 0 Å². The van der Waals surface area contributed by atoms with Gasteiger partial charge in [-0.15, -0.1) is 0 Å². The van der Waals surface area contributed by atoms with Crippen LogP contribution < -0.4 is 15.4 Å². The van der Waals surface area contributed by atoms with Crippen LogP contribution in [-0.4, -0.2) is 59.8 Å². The Morgan fingerprint density at radius 2 is 1.79 bits per heavy atom. The fourth-order valence-corrected chi connectivity index (χ4v) is 4.35. The van der Waals surface area contributed by atoms with Crippen molar-refractivity contribution in [1.82, 2.24) is 14.9 Å². The Morgan fingerprint density at radius 3 is 2.47 bits per heavy atom. The van der Waals surface area contributed by atoms with E-state index in [-0.39, 0.29) is 12.4 Å². The lowest BCUT2D eigenvalue weighted by atomic mass is 10.1. The Bertz CT molecular complexity index is 1180. The molecule has 1 aliphatic rings. The highest BCUT2D eigenvalue weighted by Gasteiger charge is 2.19. The molecule has 4 rings (SSSR count). The van der Waals surface area contributed by atoms with E-state index in [0.29, 0.717) is 23.0 Å². The molecule has 1 fully saturated rings. The van der Waals surface area contributed by atoms with Gasteiger partial charge in [-0.1, -0.05) is 30.0 Å². The van der Waals surface area contributed by atoms with E-state index in [1.54, 1.807) is 31.3 Å². The number of rotatable bonds is 8. The summed E-state index contributed by atoms with van der Waals surface area (Å²) >= 11 is 1.45. The highest BCUT2D eigenvalue weighted by molar-refractivity contribution is 7.99. The Morgan fingerprint density at radius 1 is 1.06 bits per heavy atom. The summed E-state index contributed by atoms with van der Waals surface area (Å²) in [4.78, 5) is 38.5. The number of nitrogens with two attached hydrogens (primary N) is 1. The summed E-state index contributed by atoms with van der Waals surface area (Å²) in [5.74, 6) is 0.653. The first-order chi connectivity index (χ1) is 16.4. The highest BCUT2D eigenvalue weighted by atomic mass is 32.2. The minimum Gasteiger partial charge on any atom is -0.472 e. The first kappa shape index (κ1) is 23.7. The summed E-state index contributed by atoms with van der Waals surface area (Å²) in [5, 5.41) is 0. The zero-order valence-electron chi connectivity index (χ0n) is 19.2. The molecule has 1 aromatic heterocycles. The summed E-state index contributed by atoms with van der Waals surface area (Å²) in [5.41, 5.74) is 7.33. The Hall–Kier alpha value is -3.43. The molecule has 1 amide bonds. The Labute approximate surface area is 203 Å². The number of benzene rings is 2. The minimum atomic E-state index is -0.465. The maximum atomic E-state index is 11.7. The molecule has 1 aliphatic heterocycles. The molecule has 2 aromatic carbocycles. The molecule has 0 saturated carbocycles. The third-order valence-corrected chi connectivity index (χ3v) is 6.58. The molecule has 9 heteroatoms. The Balaban J connectivity index is 1.58. The number of aromatic nitrogens is 2. The lowest BCUT2D eigenvalue weighted by molar-refractivity contribution is 0.0996. The normalized spacial score (nSPS) is 14.1. The van der Waals surface area contributed by atoms with Crippen molar-refractivity contribution in [1.29, 1.82) is 0 Å². The minimum absolute atomic E-state index is 0.0110. The van der Waals surface area contributed by atoms with Crippen molar-refractivity contribution < 1.29 is 14.3 Å². The first-order valence-electron chi connectivity index (χ1n) is 11.0. The van der Waals surface area contributed by atoms with Crippen LogP contribution in [0.2, 0.25) is 0 Å². The van der Waals surface area contributed by atoms with Gasteiger partial charge in [-0.05, 0) is 49.9 Å². The van der Waals surface area contributed by atoms with Crippen LogP contribution in [0.25, 0.3) is 0 Å². The maximum absolute atomic E-state index is 11.7. The van der Waals surface area contributed by atoms with Crippen molar-refractivity contribution in [3.05, 3.63) is 71.4 Å². The van der Waals surface area contributed by atoms with Gasteiger partial charge in [0.1, 0.15) is 6.61 Å². The van der Waals surface area contributed by atoms with E-state index in [1.807, 2.05) is 30.3 Å². The van der Waals surface area contributed by atoms with Gasteiger partial charge in [0.15, 0.2) is 5.78 Å². The molecule has 2 N–H and O–H groups in total. The van der Waals surface area contributed by atoms with Gasteiger partial charge in [-0.2, -0.15) is 4.98 Å². The number of carbonyl (C=O) groups is 2. The van der Waals surface area contributed by atoms with E-state index < -0.39 is 5.91 Å². The monoisotopic (exact) mass is 477 g/mol. The molecule has 0 spiro atoms. The maximum Gasteiger partial charge on any atom is 0.248 e. The predicted molar refractivity (Wildman–Crippen MR) is 132 cm³/mol. The molecule has 176 valence electrons. The number of hydrogen-bond donors (Lipinski definition) is 1. The van der Waals surface area contributed by atoms with Crippen LogP contribution >= 0.6 is 11.8 Å². The van der Waals surface area contributed by atoms with Crippen LogP contribution in [0.5, 0.6) is 5.88 Å². The zero-order valence-corrected chi connectivity index (χ0v) is 20.0.